The quantitative estimate of drug-likeness (QED) is 0.188. The van der Waals surface area contributed by atoms with Gasteiger partial charge in [0.2, 0.25) is 5.95 Å². The van der Waals surface area contributed by atoms with Crippen molar-refractivity contribution in [1.82, 2.24) is 24.1 Å². The topological polar surface area (TPSA) is 48.5 Å². The summed E-state index contributed by atoms with van der Waals surface area (Å²) in [6, 6.07) is 62.1. The minimum atomic E-state index is 0.578. The predicted molar refractivity (Wildman–Crippen MR) is 214 cm³/mol. The van der Waals surface area contributed by atoms with Crippen LogP contribution >= 0.6 is 0 Å². The summed E-state index contributed by atoms with van der Waals surface area (Å²) < 4.78 is 4.58. The van der Waals surface area contributed by atoms with E-state index in [-0.39, 0.29) is 0 Å². The maximum Gasteiger partial charge on any atom is 0.238 e. The van der Waals surface area contributed by atoms with Crippen LogP contribution in [0.3, 0.4) is 0 Å². The Bertz CT molecular complexity index is 3090. The summed E-state index contributed by atoms with van der Waals surface area (Å²) in [6.45, 7) is 0. The number of rotatable bonds is 4. The molecule has 0 amide bonds. The molecule has 5 heteroatoms. The van der Waals surface area contributed by atoms with Gasteiger partial charge in [-0.3, -0.25) is 4.57 Å². The largest absolute Gasteiger partial charge is 0.309 e. The molecule has 0 aliphatic rings. The van der Waals surface area contributed by atoms with Crippen molar-refractivity contribution in [3.05, 3.63) is 176 Å². The number of hydrogen-bond donors (Lipinski definition) is 0. The van der Waals surface area contributed by atoms with Crippen LogP contribution < -0.4 is 0 Å². The third kappa shape index (κ3) is 4.39. The lowest BCUT2D eigenvalue weighted by Gasteiger charge is -2.12. The van der Waals surface area contributed by atoms with Crippen molar-refractivity contribution in [2.45, 2.75) is 0 Å². The number of benzene rings is 8. The summed E-state index contributed by atoms with van der Waals surface area (Å²) in [5, 5.41) is 9.36. The molecule has 0 fully saturated rings. The Balaban J connectivity index is 1.23. The van der Waals surface area contributed by atoms with E-state index < -0.39 is 0 Å². The van der Waals surface area contributed by atoms with Crippen LogP contribution in [0.1, 0.15) is 0 Å². The van der Waals surface area contributed by atoms with Crippen molar-refractivity contribution >= 4 is 65.2 Å². The first-order valence-corrected chi connectivity index (χ1v) is 17.5. The van der Waals surface area contributed by atoms with Gasteiger partial charge >= 0.3 is 0 Å². The molecule has 242 valence electrons. The summed E-state index contributed by atoms with van der Waals surface area (Å²) in [5.74, 6) is 1.84. The van der Waals surface area contributed by atoms with E-state index in [0.717, 1.165) is 54.9 Å². The summed E-state index contributed by atoms with van der Waals surface area (Å²) in [7, 11) is 0. The zero-order valence-corrected chi connectivity index (χ0v) is 28.0. The zero-order chi connectivity index (χ0) is 34.2. The van der Waals surface area contributed by atoms with Crippen molar-refractivity contribution in [3.8, 4) is 34.4 Å². The molecule has 3 heterocycles. The normalized spacial score (nSPS) is 11.8. The van der Waals surface area contributed by atoms with E-state index in [4.69, 9.17) is 15.0 Å². The Morgan fingerprint density at radius 2 is 0.788 bits per heavy atom. The number of hydrogen-bond acceptors (Lipinski definition) is 3. The highest BCUT2D eigenvalue weighted by molar-refractivity contribution is 6.19. The van der Waals surface area contributed by atoms with Crippen LogP contribution in [-0.2, 0) is 0 Å². The van der Waals surface area contributed by atoms with Crippen molar-refractivity contribution < 1.29 is 0 Å². The van der Waals surface area contributed by atoms with E-state index in [1.165, 1.54) is 27.1 Å². The zero-order valence-electron chi connectivity index (χ0n) is 28.0. The molecule has 0 unspecified atom stereocenters. The van der Waals surface area contributed by atoms with E-state index in [2.05, 4.69) is 185 Å². The minimum absolute atomic E-state index is 0.578. The fourth-order valence-electron chi connectivity index (χ4n) is 7.88. The second kappa shape index (κ2) is 11.2. The van der Waals surface area contributed by atoms with E-state index in [1.54, 1.807) is 0 Å². The first kappa shape index (κ1) is 28.7. The van der Waals surface area contributed by atoms with Crippen molar-refractivity contribution in [2.75, 3.05) is 0 Å². The molecule has 0 aliphatic heterocycles. The fourth-order valence-corrected chi connectivity index (χ4v) is 7.88. The molecule has 5 nitrogen and oxygen atoms in total. The number of aromatic nitrogens is 5. The van der Waals surface area contributed by atoms with Gasteiger partial charge in [-0.25, -0.2) is 4.98 Å². The van der Waals surface area contributed by atoms with Crippen LogP contribution in [0.4, 0.5) is 0 Å². The third-order valence-corrected chi connectivity index (χ3v) is 10.3. The van der Waals surface area contributed by atoms with Gasteiger partial charge in [-0.15, -0.1) is 0 Å². The molecule has 0 N–H and O–H groups in total. The first-order valence-electron chi connectivity index (χ1n) is 17.5. The van der Waals surface area contributed by atoms with Gasteiger partial charge in [0.1, 0.15) is 0 Å². The molecule has 11 rings (SSSR count). The van der Waals surface area contributed by atoms with Crippen molar-refractivity contribution in [1.29, 1.82) is 0 Å². The Hall–Kier alpha value is -7.11. The maximum absolute atomic E-state index is 5.28. The van der Waals surface area contributed by atoms with E-state index in [0.29, 0.717) is 17.6 Å². The number of nitrogens with zero attached hydrogens (tertiary/aromatic N) is 5. The number of para-hydroxylation sites is 3. The molecule has 0 spiro atoms. The van der Waals surface area contributed by atoms with E-state index in [1.807, 2.05) is 0 Å². The van der Waals surface area contributed by atoms with Gasteiger partial charge in [0.25, 0.3) is 0 Å². The standard InChI is InChI=1S/C47H29N5/c1-2-16-36(17-3-1)51-41-20-10-8-18-37(41)39-28-40-38-19-9-11-21-42(38)52(44(40)29-43(39)51)47-49-45(34-24-22-30-12-4-6-14-32(30)26-34)48-46(50-47)35-25-23-31-13-5-7-15-33(31)27-35/h1-29H. The van der Waals surface area contributed by atoms with Crippen LogP contribution in [0, 0.1) is 0 Å². The second-order valence-electron chi connectivity index (χ2n) is 13.3. The Morgan fingerprint density at radius 3 is 1.38 bits per heavy atom. The first-order chi connectivity index (χ1) is 25.8. The molecule has 3 aromatic heterocycles. The average molecular weight is 664 g/mol. The van der Waals surface area contributed by atoms with Gasteiger partial charge in [0, 0.05) is 38.4 Å². The van der Waals surface area contributed by atoms with Crippen LogP contribution in [-0.4, -0.2) is 24.1 Å². The predicted octanol–water partition coefficient (Wildman–Crippen LogP) is 11.7. The van der Waals surface area contributed by atoms with Gasteiger partial charge in [-0.1, -0.05) is 127 Å². The van der Waals surface area contributed by atoms with Gasteiger partial charge < -0.3 is 4.57 Å². The third-order valence-electron chi connectivity index (χ3n) is 10.3. The molecule has 0 radical (unpaired) electrons. The molecular formula is C47H29N5. The molecule has 0 bridgehead atoms. The van der Waals surface area contributed by atoms with Crippen LogP contribution in [0.5, 0.6) is 0 Å². The fraction of sp³-hybridized carbons (Fsp3) is 0. The molecule has 52 heavy (non-hydrogen) atoms. The smallest absolute Gasteiger partial charge is 0.238 e. The monoisotopic (exact) mass is 663 g/mol. The van der Waals surface area contributed by atoms with Crippen LogP contribution in [0.15, 0.2) is 176 Å². The molecule has 0 saturated heterocycles. The summed E-state index contributed by atoms with van der Waals surface area (Å²) >= 11 is 0. The molecule has 0 atom stereocenters. The van der Waals surface area contributed by atoms with E-state index in [9.17, 15) is 0 Å². The van der Waals surface area contributed by atoms with Gasteiger partial charge in [0.05, 0.1) is 22.1 Å². The van der Waals surface area contributed by atoms with Crippen molar-refractivity contribution in [2.24, 2.45) is 0 Å². The van der Waals surface area contributed by atoms with Gasteiger partial charge in [-0.2, -0.15) is 9.97 Å². The molecule has 8 aromatic carbocycles. The molecule has 11 aromatic rings. The van der Waals surface area contributed by atoms with E-state index >= 15 is 0 Å². The lowest BCUT2D eigenvalue weighted by atomic mass is 10.1. The highest BCUT2D eigenvalue weighted by Gasteiger charge is 2.21. The van der Waals surface area contributed by atoms with Gasteiger partial charge in [-0.05, 0) is 70.1 Å². The lowest BCUT2D eigenvalue weighted by molar-refractivity contribution is 0.954. The Morgan fingerprint density at radius 1 is 0.308 bits per heavy atom. The molecule has 0 aliphatic carbocycles. The lowest BCUT2D eigenvalue weighted by Crippen LogP contribution is -2.06. The minimum Gasteiger partial charge on any atom is -0.309 e. The average Bonchev–Trinajstić information content (AvgIpc) is 3.71. The number of fused-ring (bicyclic) bond motifs is 8. The summed E-state index contributed by atoms with van der Waals surface area (Å²) in [5.41, 5.74) is 7.38. The van der Waals surface area contributed by atoms with Crippen LogP contribution in [0.25, 0.3) is 99.6 Å². The maximum atomic E-state index is 5.28. The molecule has 0 saturated carbocycles. The summed E-state index contributed by atoms with van der Waals surface area (Å²) in [4.78, 5) is 15.7. The SMILES string of the molecule is c1ccc(-n2c3ccccc3c3cc4c5ccccc5n(-c5nc(-c6ccc7ccccc7c6)nc(-c6ccc7ccccc7c6)n5)c4cc32)cc1. The second-order valence-corrected chi connectivity index (χ2v) is 13.3. The Labute approximate surface area is 298 Å². The van der Waals surface area contributed by atoms with Crippen LogP contribution in [0.2, 0.25) is 0 Å². The van der Waals surface area contributed by atoms with Gasteiger partial charge in [0.15, 0.2) is 11.6 Å². The summed E-state index contributed by atoms with van der Waals surface area (Å²) in [6.07, 6.45) is 0. The molecular weight excluding hydrogens is 635 g/mol. The van der Waals surface area contributed by atoms with Crippen molar-refractivity contribution in [3.63, 3.8) is 0 Å². The highest BCUT2D eigenvalue weighted by Crippen LogP contribution is 2.39. The highest BCUT2D eigenvalue weighted by atomic mass is 15.2. The Kier molecular flexibility index (Phi) is 6.18.